The molecule has 25 heavy (non-hydrogen) atoms. The maximum atomic E-state index is 12.8. The number of benzene rings is 2. The molecule has 1 aliphatic rings. The van der Waals surface area contributed by atoms with Crippen molar-refractivity contribution in [2.24, 2.45) is 0 Å². The van der Waals surface area contributed by atoms with Crippen molar-refractivity contribution in [3.05, 3.63) is 53.6 Å². The molecule has 1 aliphatic heterocycles. The average molecular weight is 337 g/mol. The summed E-state index contributed by atoms with van der Waals surface area (Å²) >= 11 is 0. The quantitative estimate of drug-likeness (QED) is 0.929. The smallest absolute Gasteiger partial charge is 0.261 e. The predicted octanol–water partition coefficient (Wildman–Crippen LogP) is 2.23. The van der Waals surface area contributed by atoms with Crippen LogP contribution in [0, 0.1) is 11.3 Å². The number of carbonyl (C=O) groups is 1. The van der Waals surface area contributed by atoms with E-state index in [1.807, 2.05) is 18.2 Å². The Hall–Kier alpha value is -3.20. The summed E-state index contributed by atoms with van der Waals surface area (Å²) in [7, 11) is 1.47. The molecule has 2 aromatic rings. The van der Waals surface area contributed by atoms with E-state index in [1.165, 1.54) is 13.2 Å². The first-order valence-electron chi connectivity index (χ1n) is 8.05. The van der Waals surface area contributed by atoms with Crippen LogP contribution >= 0.6 is 0 Å². The first-order chi connectivity index (χ1) is 12.2. The molecule has 1 amide bonds. The molecule has 0 atom stereocenters. The molecule has 0 aromatic heterocycles. The summed E-state index contributed by atoms with van der Waals surface area (Å²) in [5.74, 6) is 0.0343. The number of piperazine rings is 1. The van der Waals surface area contributed by atoms with E-state index in [2.05, 4.69) is 11.0 Å². The van der Waals surface area contributed by atoms with E-state index in [4.69, 9.17) is 4.74 Å². The summed E-state index contributed by atoms with van der Waals surface area (Å²) in [5.41, 5.74) is 1.71. The third kappa shape index (κ3) is 3.22. The SMILES string of the molecule is COc1cccc(O)c1C(=O)N1CCN(c2ccccc2C#N)CC1. The number of ether oxygens (including phenoxy) is 1. The molecule has 6 heteroatoms. The number of rotatable bonds is 3. The van der Waals surface area contributed by atoms with Crippen LogP contribution in [0.1, 0.15) is 15.9 Å². The molecule has 128 valence electrons. The minimum Gasteiger partial charge on any atom is -0.507 e. The van der Waals surface area contributed by atoms with E-state index in [0.717, 1.165) is 5.69 Å². The molecule has 0 radical (unpaired) electrons. The Kier molecular flexibility index (Phi) is 4.75. The first-order valence-corrected chi connectivity index (χ1v) is 8.05. The molecule has 1 saturated heterocycles. The van der Waals surface area contributed by atoms with Gasteiger partial charge >= 0.3 is 0 Å². The minimum atomic E-state index is -0.247. The van der Waals surface area contributed by atoms with E-state index < -0.39 is 0 Å². The van der Waals surface area contributed by atoms with Crippen molar-refractivity contribution in [3.8, 4) is 17.6 Å². The summed E-state index contributed by atoms with van der Waals surface area (Å²) in [6.07, 6.45) is 0. The van der Waals surface area contributed by atoms with E-state index in [0.29, 0.717) is 37.5 Å². The molecule has 0 bridgehead atoms. The van der Waals surface area contributed by atoms with Crippen molar-refractivity contribution >= 4 is 11.6 Å². The normalized spacial score (nSPS) is 14.1. The number of nitriles is 1. The molecule has 0 spiro atoms. The van der Waals surface area contributed by atoms with Crippen LogP contribution in [0.2, 0.25) is 0 Å². The highest BCUT2D eigenvalue weighted by atomic mass is 16.5. The number of amides is 1. The van der Waals surface area contributed by atoms with E-state index in [1.54, 1.807) is 23.1 Å². The molecule has 6 nitrogen and oxygen atoms in total. The van der Waals surface area contributed by atoms with Gasteiger partial charge in [-0.1, -0.05) is 18.2 Å². The number of hydrogen-bond acceptors (Lipinski definition) is 5. The summed E-state index contributed by atoms with van der Waals surface area (Å²) < 4.78 is 5.20. The predicted molar refractivity (Wildman–Crippen MR) is 93.9 cm³/mol. The Balaban J connectivity index is 1.75. The van der Waals surface area contributed by atoms with Crippen LogP contribution in [-0.2, 0) is 0 Å². The lowest BCUT2D eigenvalue weighted by molar-refractivity contribution is 0.0740. The van der Waals surface area contributed by atoms with Crippen molar-refractivity contribution in [1.29, 1.82) is 5.26 Å². The highest BCUT2D eigenvalue weighted by Crippen LogP contribution is 2.29. The number of phenols is 1. The van der Waals surface area contributed by atoms with Crippen LogP contribution in [0.25, 0.3) is 0 Å². The Morgan fingerprint density at radius 1 is 1.12 bits per heavy atom. The lowest BCUT2D eigenvalue weighted by Gasteiger charge is -2.36. The molecule has 0 unspecified atom stereocenters. The zero-order chi connectivity index (χ0) is 17.8. The number of para-hydroxylation sites is 1. The molecule has 0 aliphatic carbocycles. The lowest BCUT2D eigenvalue weighted by Crippen LogP contribution is -2.49. The van der Waals surface area contributed by atoms with Crippen LogP contribution in [0.4, 0.5) is 5.69 Å². The largest absolute Gasteiger partial charge is 0.507 e. The number of phenolic OH excluding ortho intramolecular Hbond substituents is 1. The number of methoxy groups -OCH3 is 1. The Labute approximate surface area is 146 Å². The van der Waals surface area contributed by atoms with Crippen molar-refractivity contribution in [2.45, 2.75) is 0 Å². The standard InChI is InChI=1S/C19H19N3O3/c1-25-17-8-4-7-16(23)18(17)19(24)22-11-9-21(10-12-22)15-6-3-2-5-14(15)13-20/h2-8,23H,9-12H2,1H3. The summed E-state index contributed by atoms with van der Waals surface area (Å²) in [6.45, 7) is 2.27. The van der Waals surface area contributed by atoms with E-state index >= 15 is 0 Å². The van der Waals surface area contributed by atoms with Gasteiger partial charge in [-0.05, 0) is 24.3 Å². The van der Waals surface area contributed by atoms with Gasteiger partial charge in [0.15, 0.2) is 0 Å². The van der Waals surface area contributed by atoms with Gasteiger partial charge in [-0.15, -0.1) is 0 Å². The van der Waals surface area contributed by atoms with Gasteiger partial charge in [0.1, 0.15) is 23.1 Å². The lowest BCUT2D eigenvalue weighted by atomic mass is 10.1. The van der Waals surface area contributed by atoms with Crippen LogP contribution < -0.4 is 9.64 Å². The Morgan fingerprint density at radius 3 is 2.52 bits per heavy atom. The van der Waals surface area contributed by atoms with Gasteiger partial charge in [-0.3, -0.25) is 4.79 Å². The Morgan fingerprint density at radius 2 is 1.84 bits per heavy atom. The second kappa shape index (κ2) is 7.14. The average Bonchev–Trinajstić information content (AvgIpc) is 2.67. The van der Waals surface area contributed by atoms with E-state index in [-0.39, 0.29) is 17.2 Å². The summed E-state index contributed by atoms with van der Waals surface area (Å²) in [5, 5.41) is 19.3. The third-order valence-corrected chi connectivity index (χ3v) is 4.37. The van der Waals surface area contributed by atoms with Gasteiger partial charge in [-0.2, -0.15) is 5.26 Å². The second-order valence-corrected chi connectivity index (χ2v) is 5.76. The zero-order valence-electron chi connectivity index (χ0n) is 14.0. The van der Waals surface area contributed by atoms with Crippen molar-refractivity contribution < 1.29 is 14.6 Å². The summed E-state index contributed by atoms with van der Waals surface area (Å²) in [6, 6.07) is 14.4. The highest BCUT2D eigenvalue weighted by Gasteiger charge is 2.27. The van der Waals surface area contributed by atoms with Gasteiger partial charge in [0.05, 0.1) is 18.4 Å². The van der Waals surface area contributed by atoms with Gasteiger partial charge in [0.2, 0.25) is 0 Å². The third-order valence-electron chi connectivity index (χ3n) is 4.37. The van der Waals surface area contributed by atoms with Crippen LogP contribution in [0.5, 0.6) is 11.5 Å². The molecule has 1 fully saturated rings. The highest BCUT2D eigenvalue weighted by molar-refractivity contribution is 5.99. The van der Waals surface area contributed by atoms with Crippen LogP contribution in [0.15, 0.2) is 42.5 Å². The molecule has 2 aromatic carbocycles. The first kappa shape index (κ1) is 16.7. The molecular formula is C19H19N3O3. The summed E-state index contributed by atoms with van der Waals surface area (Å²) in [4.78, 5) is 16.6. The maximum Gasteiger partial charge on any atom is 0.261 e. The number of anilines is 1. The van der Waals surface area contributed by atoms with Gasteiger partial charge in [0.25, 0.3) is 5.91 Å². The van der Waals surface area contributed by atoms with E-state index in [9.17, 15) is 15.2 Å². The van der Waals surface area contributed by atoms with Crippen LogP contribution in [-0.4, -0.2) is 49.2 Å². The topological polar surface area (TPSA) is 76.8 Å². The number of aromatic hydroxyl groups is 1. The van der Waals surface area contributed by atoms with Crippen LogP contribution in [0.3, 0.4) is 0 Å². The fourth-order valence-electron chi connectivity index (χ4n) is 3.06. The van der Waals surface area contributed by atoms with Gasteiger partial charge < -0.3 is 19.6 Å². The molecule has 1 heterocycles. The minimum absolute atomic E-state index is 0.0818. The Bertz CT molecular complexity index is 821. The fraction of sp³-hybridized carbons (Fsp3) is 0.263. The zero-order valence-corrected chi connectivity index (χ0v) is 14.0. The van der Waals surface area contributed by atoms with Crippen molar-refractivity contribution in [1.82, 2.24) is 4.90 Å². The monoisotopic (exact) mass is 337 g/mol. The molecule has 3 rings (SSSR count). The number of nitrogens with zero attached hydrogens (tertiary/aromatic N) is 3. The second-order valence-electron chi connectivity index (χ2n) is 5.76. The molecule has 1 N–H and O–H groups in total. The van der Waals surface area contributed by atoms with Gasteiger partial charge in [0, 0.05) is 26.2 Å². The van der Waals surface area contributed by atoms with Gasteiger partial charge in [-0.25, -0.2) is 0 Å². The molecular weight excluding hydrogens is 318 g/mol. The maximum absolute atomic E-state index is 12.8. The fourth-order valence-corrected chi connectivity index (χ4v) is 3.06. The molecule has 0 saturated carbocycles. The number of hydrogen-bond donors (Lipinski definition) is 1. The van der Waals surface area contributed by atoms with Crippen molar-refractivity contribution in [3.63, 3.8) is 0 Å². The number of carbonyl (C=O) groups excluding carboxylic acids is 1. The van der Waals surface area contributed by atoms with Crippen molar-refractivity contribution in [2.75, 3.05) is 38.2 Å².